The zero-order valence-corrected chi connectivity index (χ0v) is 14.2. The summed E-state index contributed by atoms with van der Waals surface area (Å²) < 4.78 is 26.8. The maximum Gasteiger partial charge on any atom is 0.240 e. The summed E-state index contributed by atoms with van der Waals surface area (Å²) in [5.74, 6) is 0.460. The Morgan fingerprint density at radius 2 is 1.95 bits per heavy atom. The summed E-state index contributed by atoms with van der Waals surface area (Å²) in [6, 6.07) is 6.26. The normalized spacial score (nSPS) is 13.7. The predicted octanol–water partition coefficient (Wildman–Crippen LogP) is 3.82. The van der Waals surface area contributed by atoms with Gasteiger partial charge in [0.15, 0.2) is 0 Å². The fraction of sp³-hybridized carbons (Fsp3) is 0.538. The van der Waals surface area contributed by atoms with Crippen LogP contribution >= 0.6 is 27.5 Å². The number of sulfonamides is 1. The molecule has 1 rings (SSSR count). The maximum atomic E-state index is 12.1. The first-order valence-electron chi connectivity index (χ1n) is 6.30. The van der Waals surface area contributed by atoms with Crippen molar-refractivity contribution in [2.45, 2.75) is 36.4 Å². The summed E-state index contributed by atoms with van der Waals surface area (Å²) >= 11 is 9.36. The summed E-state index contributed by atoms with van der Waals surface area (Å²) in [5, 5.41) is 0.415. The van der Waals surface area contributed by atoms with Crippen molar-refractivity contribution in [3.63, 3.8) is 0 Å². The molecule has 1 unspecified atom stereocenters. The van der Waals surface area contributed by atoms with Gasteiger partial charge < -0.3 is 0 Å². The summed E-state index contributed by atoms with van der Waals surface area (Å²) in [6.07, 6.45) is 2.04. The molecule has 19 heavy (non-hydrogen) atoms. The third-order valence-corrected chi connectivity index (χ3v) is 5.86. The molecule has 1 aromatic rings. The van der Waals surface area contributed by atoms with E-state index in [0.717, 1.165) is 12.8 Å². The van der Waals surface area contributed by atoms with Crippen molar-refractivity contribution >= 4 is 37.6 Å². The second-order valence-corrected chi connectivity index (χ2v) is 7.78. The summed E-state index contributed by atoms with van der Waals surface area (Å²) in [5.41, 5.74) is 0. The van der Waals surface area contributed by atoms with Crippen molar-refractivity contribution in [2.24, 2.45) is 5.92 Å². The van der Waals surface area contributed by atoms with Crippen molar-refractivity contribution in [1.82, 2.24) is 4.72 Å². The molecular weight excluding hydrogens is 350 g/mol. The van der Waals surface area contributed by atoms with E-state index in [2.05, 4.69) is 34.5 Å². The van der Waals surface area contributed by atoms with Gasteiger partial charge in [-0.3, -0.25) is 0 Å². The molecule has 0 heterocycles. The van der Waals surface area contributed by atoms with Gasteiger partial charge in [0.2, 0.25) is 10.0 Å². The van der Waals surface area contributed by atoms with Crippen LogP contribution in [0, 0.1) is 5.92 Å². The second kappa shape index (κ2) is 7.62. The maximum absolute atomic E-state index is 12.1. The molecule has 1 aromatic carbocycles. The average molecular weight is 369 g/mol. The Bertz CT molecular complexity index is 503. The van der Waals surface area contributed by atoms with Gasteiger partial charge in [-0.2, -0.15) is 0 Å². The fourth-order valence-electron chi connectivity index (χ4n) is 1.87. The third kappa shape index (κ3) is 5.06. The number of hydrogen-bond donors (Lipinski definition) is 1. The SMILES string of the molecule is CCC(CC)C(Br)CNS(=O)(=O)c1cccc(Cl)c1. The highest BCUT2D eigenvalue weighted by atomic mass is 79.9. The van der Waals surface area contributed by atoms with E-state index in [9.17, 15) is 8.42 Å². The van der Waals surface area contributed by atoms with Gasteiger partial charge in [-0.15, -0.1) is 0 Å². The Hall–Kier alpha value is -0.100. The summed E-state index contributed by atoms with van der Waals surface area (Å²) in [4.78, 5) is 0.334. The Labute approximate surface area is 128 Å². The standard InChI is InChI=1S/C13H19BrClNO2S/c1-3-10(4-2)13(14)9-16-19(17,18)12-7-5-6-11(15)8-12/h5-8,10,13,16H,3-4,9H2,1-2H3. The van der Waals surface area contributed by atoms with Crippen molar-refractivity contribution in [3.05, 3.63) is 29.3 Å². The number of hydrogen-bond acceptors (Lipinski definition) is 2. The first kappa shape index (κ1) is 17.0. The number of benzene rings is 1. The minimum absolute atomic E-state index is 0.136. The molecule has 0 aromatic heterocycles. The molecule has 0 aliphatic rings. The lowest BCUT2D eigenvalue weighted by molar-refractivity contribution is 0.471. The molecule has 0 bridgehead atoms. The molecule has 0 saturated carbocycles. The van der Waals surface area contributed by atoms with Gasteiger partial charge in [0.1, 0.15) is 0 Å². The molecule has 0 spiro atoms. The highest BCUT2D eigenvalue weighted by Gasteiger charge is 2.20. The molecular formula is C13H19BrClNO2S. The van der Waals surface area contributed by atoms with E-state index in [1.54, 1.807) is 12.1 Å². The van der Waals surface area contributed by atoms with Crippen LogP contribution in [-0.2, 0) is 10.0 Å². The minimum atomic E-state index is -3.49. The zero-order chi connectivity index (χ0) is 14.5. The van der Waals surface area contributed by atoms with Gasteiger partial charge in [-0.1, -0.05) is 60.3 Å². The van der Waals surface area contributed by atoms with Crippen molar-refractivity contribution in [2.75, 3.05) is 6.54 Å². The Balaban J connectivity index is 2.71. The molecule has 0 fully saturated rings. The molecule has 0 amide bonds. The summed E-state index contributed by atoms with van der Waals surface area (Å²) in [6.45, 7) is 4.59. The van der Waals surface area contributed by atoms with Gasteiger partial charge in [0.05, 0.1) is 4.90 Å². The van der Waals surface area contributed by atoms with Crippen molar-refractivity contribution < 1.29 is 8.42 Å². The molecule has 3 nitrogen and oxygen atoms in total. The number of halogens is 2. The van der Waals surface area contributed by atoms with E-state index in [4.69, 9.17) is 11.6 Å². The van der Waals surface area contributed by atoms with Crippen LogP contribution in [0.25, 0.3) is 0 Å². The van der Waals surface area contributed by atoms with Crippen LogP contribution in [0.15, 0.2) is 29.2 Å². The van der Waals surface area contributed by atoms with E-state index in [1.807, 2.05) is 0 Å². The molecule has 0 aliphatic carbocycles. The molecule has 0 saturated heterocycles. The predicted molar refractivity (Wildman–Crippen MR) is 83.4 cm³/mol. The van der Waals surface area contributed by atoms with Gasteiger partial charge in [-0.25, -0.2) is 13.1 Å². The molecule has 6 heteroatoms. The lowest BCUT2D eigenvalue weighted by atomic mass is 10.00. The molecule has 108 valence electrons. The quantitative estimate of drug-likeness (QED) is 0.744. The average Bonchev–Trinajstić information content (AvgIpc) is 2.38. The molecule has 1 atom stereocenters. The van der Waals surface area contributed by atoms with Gasteiger partial charge in [0.25, 0.3) is 0 Å². The molecule has 0 radical (unpaired) electrons. The van der Waals surface area contributed by atoms with Crippen LogP contribution in [0.3, 0.4) is 0 Å². The van der Waals surface area contributed by atoms with E-state index < -0.39 is 10.0 Å². The number of nitrogens with one attached hydrogen (secondary N) is 1. The second-order valence-electron chi connectivity index (χ2n) is 4.40. The van der Waals surface area contributed by atoms with Crippen LogP contribution in [0.2, 0.25) is 5.02 Å². The van der Waals surface area contributed by atoms with E-state index >= 15 is 0 Å². The van der Waals surface area contributed by atoms with E-state index in [1.165, 1.54) is 12.1 Å². The minimum Gasteiger partial charge on any atom is -0.210 e. The highest BCUT2D eigenvalue weighted by molar-refractivity contribution is 9.09. The number of alkyl halides is 1. The Morgan fingerprint density at radius 1 is 1.32 bits per heavy atom. The van der Waals surface area contributed by atoms with Gasteiger partial charge in [-0.05, 0) is 24.1 Å². The zero-order valence-electron chi connectivity index (χ0n) is 11.1. The first-order chi connectivity index (χ1) is 8.90. The van der Waals surface area contributed by atoms with E-state index in [-0.39, 0.29) is 9.72 Å². The van der Waals surface area contributed by atoms with Crippen LogP contribution in [-0.4, -0.2) is 19.8 Å². The molecule has 1 N–H and O–H groups in total. The summed E-state index contributed by atoms with van der Waals surface area (Å²) in [7, 11) is -3.49. The van der Waals surface area contributed by atoms with Crippen LogP contribution in [0.5, 0.6) is 0 Å². The van der Waals surface area contributed by atoms with Crippen LogP contribution in [0.1, 0.15) is 26.7 Å². The van der Waals surface area contributed by atoms with Crippen molar-refractivity contribution in [3.8, 4) is 0 Å². The van der Waals surface area contributed by atoms with Crippen molar-refractivity contribution in [1.29, 1.82) is 0 Å². The van der Waals surface area contributed by atoms with E-state index in [0.29, 0.717) is 17.5 Å². The topological polar surface area (TPSA) is 46.2 Å². The smallest absolute Gasteiger partial charge is 0.210 e. The Kier molecular flexibility index (Phi) is 6.80. The first-order valence-corrected chi connectivity index (χ1v) is 9.07. The number of rotatable bonds is 7. The lowest BCUT2D eigenvalue weighted by Gasteiger charge is -2.19. The lowest BCUT2D eigenvalue weighted by Crippen LogP contribution is -2.32. The monoisotopic (exact) mass is 367 g/mol. The van der Waals surface area contributed by atoms with Crippen LogP contribution < -0.4 is 4.72 Å². The largest absolute Gasteiger partial charge is 0.240 e. The molecule has 0 aliphatic heterocycles. The van der Waals surface area contributed by atoms with Gasteiger partial charge in [0, 0.05) is 16.4 Å². The fourth-order valence-corrected chi connectivity index (χ4v) is 4.36. The highest BCUT2D eigenvalue weighted by Crippen LogP contribution is 2.21. The van der Waals surface area contributed by atoms with Gasteiger partial charge >= 0.3 is 0 Å². The Morgan fingerprint density at radius 3 is 2.47 bits per heavy atom. The third-order valence-electron chi connectivity index (χ3n) is 3.14. The van der Waals surface area contributed by atoms with Crippen LogP contribution in [0.4, 0.5) is 0 Å².